The fraction of sp³-hybridized carbons (Fsp3) is 0.476. The molecule has 7 heteroatoms. The highest BCUT2D eigenvalue weighted by Gasteiger charge is 2.16. The average Bonchev–Trinajstić information content (AvgIpc) is 3.16. The molecule has 1 fully saturated rings. The first-order valence-electron chi connectivity index (χ1n) is 10.1. The molecular formula is C21H29N5O2. The van der Waals surface area contributed by atoms with Gasteiger partial charge in [-0.1, -0.05) is 38.3 Å². The molecule has 0 atom stereocenters. The highest BCUT2D eigenvalue weighted by atomic mass is 16.2. The summed E-state index contributed by atoms with van der Waals surface area (Å²) >= 11 is 0. The number of anilines is 1. The van der Waals surface area contributed by atoms with Crippen LogP contribution in [0.3, 0.4) is 0 Å². The zero-order valence-corrected chi connectivity index (χ0v) is 16.4. The van der Waals surface area contributed by atoms with Gasteiger partial charge in [-0.3, -0.25) is 14.3 Å². The molecule has 1 saturated carbocycles. The molecule has 1 aromatic heterocycles. The van der Waals surface area contributed by atoms with Crippen LogP contribution in [0.2, 0.25) is 0 Å². The van der Waals surface area contributed by atoms with Crippen LogP contribution in [0.1, 0.15) is 54.9 Å². The molecule has 2 amide bonds. The van der Waals surface area contributed by atoms with E-state index in [-0.39, 0.29) is 24.4 Å². The molecule has 0 bridgehead atoms. The lowest BCUT2D eigenvalue weighted by atomic mass is 9.95. The Balaban J connectivity index is 1.52. The molecule has 1 aromatic carbocycles. The van der Waals surface area contributed by atoms with Crippen molar-refractivity contribution in [2.24, 2.45) is 0 Å². The second kappa shape index (κ2) is 10.0. The third-order valence-corrected chi connectivity index (χ3v) is 4.94. The molecule has 1 aliphatic carbocycles. The minimum absolute atomic E-state index is 0.0573. The average molecular weight is 383 g/mol. The van der Waals surface area contributed by atoms with Gasteiger partial charge in [-0.2, -0.15) is 5.10 Å². The Morgan fingerprint density at radius 3 is 2.82 bits per heavy atom. The quantitative estimate of drug-likeness (QED) is 0.654. The molecule has 3 N–H and O–H groups in total. The van der Waals surface area contributed by atoms with Gasteiger partial charge in [0.25, 0.3) is 5.91 Å². The van der Waals surface area contributed by atoms with Crippen LogP contribution in [0.5, 0.6) is 0 Å². The van der Waals surface area contributed by atoms with Crippen LogP contribution < -0.4 is 16.0 Å². The second-order valence-corrected chi connectivity index (χ2v) is 7.26. The molecule has 0 saturated heterocycles. The van der Waals surface area contributed by atoms with Gasteiger partial charge in [-0.15, -0.1) is 0 Å². The molecule has 28 heavy (non-hydrogen) atoms. The van der Waals surface area contributed by atoms with Crippen molar-refractivity contribution in [2.45, 2.75) is 58.2 Å². The maximum Gasteiger partial charge on any atom is 0.258 e. The first kappa shape index (κ1) is 20.1. The van der Waals surface area contributed by atoms with Crippen LogP contribution >= 0.6 is 0 Å². The number of rotatable bonds is 8. The van der Waals surface area contributed by atoms with E-state index in [2.05, 4.69) is 28.0 Å². The highest BCUT2D eigenvalue weighted by molar-refractivity contribution is 6.04. The molecule has 1 heterocycles. The van der Waals surface area contributed by atoms with Crippen molar-refractivity contribution in [1.82, 2.24) is 20.4 Å². The monoisotopic (exact) mass is 383 g/mol. The summed E-state index contributed by atoms with van der Waals surface area (Å²) in [5, 5.41) is 13.4. The van der Waals surface area contributed by atoms with E-state index in [1.165, 1.54) is 30.1 Å². The molecule has 0 aliphatic heterocycles. The fourth-order valence-electron chi connectivity index (χ4n) is 3.47. The predicted molar refractivity (Wildman–Crippen MR) is 109 cm³/mol. The largest absolute Gasteiger partial charge is 0.352 e. The fourth-order valence-corrected chi connectivity index (χ4v) is 3.47. The van der Waals surface area contributed by atoms with E-state index in [9.17, 15) is 9.59 Å². The number of carbonyl (C=O) groups is 2. The van der Waals surface area contributed by atoms with Gasteiger partial charge in [0.2, 0.25) is 5.91 Å². The Bertz CT molecular complexity index is 796. The van der Waals surface area contributed by atoms with Crippen LogP contribution in [-0.2, 0) is 17.9 Å². The smallest absolute Gasteiger partial charge is 0.258 e. The number of amides is 2. The van der Waals surface area contributed by atoms with Gasteiger partial charge in [0.05, 0.1) is 11.8 Å². The van der Waals surface area contributed by atoms with Gasteiger partial charge in [0.1, 0.15) is 6.54 Å². The summed E-state index contributed by atoms with van der Waals surface area (Å²) in [7, 11) is 0. The number of benzene rings is 1. The summed E-state index contributed by atoms with van der Waals surface area (Å²) in [6.07, 6.45) is 8.79. The lowest BCUT2D eigenvalue weighted by Gasteiger charge is -2.22. The van der Waals surface area contributed by atoms with Crippen LogP contribution in [0, 0.1) is 0 Å². The molecular weight excluding hydrogens is 354 g/mol. The number of hydrogen-bond acceptors (Lipinski definition) is 4. The van der Waals surface area contributed by atoms with E-state index < -0.39 is 0 Å². The molecule has 1 aliphatic rings. The summed E-state index contributed by atoms with van der Waals surface area (Å²) in [6.45, 7) is 3.83. The van der Waals surface area contributed by atoms with Gasteiger partial charge < -0.3 is 16.0 Å². The maximum atomic E-state index is 12.5. The van der Waals surface area contributed by atoms with Crippen LogP contribution in [0.25, 0.3) is 0 Å². The van der Waals surface area contributed by atoms with E-state index >= 15 is 0 Å². The minimum Gasteiger partial charge on any atom is -0.352 e. The number of aromatic nitrogens is 2. The third-order valence-electron chi connectivity index (χ3n) is 4.94. The Morgan fingerprint density at radius 1 is 1.21 bits per heavy atom. The summed E-state index contributed by atoms with van der Waals surface area (Å²) in [4.78, 5) is 24.7. The molecule has 0 radical (unpaired) electrons. The Morgan fingerprint density at radius 2 is 2.04 bits per heavy atom. The first-order chi connectivity index (χ1) is 13.6. The van der Waals surface area contributed by atoms with Gasteiger partial charge in [0, 0.05) is 24.5 Å². The summed E-state index contributed by atoms with van der Waals surface area (Å²) < 4.78 is 1.51. The zero-order valence-electron chi connectivity index (χ0n) is 16.4. The third kappa shape index (κ3) is 5.92. The molecule has 150 valence electrons. The van der Waals surface area contributed by atoms with Crippen LogP contribution in [0.4, 0.5) is 5.69 Å². The number of nitrogens with one attached hydrogen (secondary N) is 3. The van der Waals surface area contributed by atoms with Gasteiger partial charge in [-0.25, -0.2) is 0 Å². The summed E-state index contributed by atoms with van der Waals surface area (Å²) in [5.74, 6) is -0.294. The Kier molecular flexibility index (Phi) is 7.19. The summed E-state index contributed by atoms with van der Waals surface area (Å²) in [6, 6.07) is 8.01. The zero-order chi connectivity index (χ0) is 19.8. The van der Waals surface area contributed by atoms with Gasteiger partial charge >= 0.3 is 0 Å². The van der Waals surface area contributed by atoms with Crippen molar-refractivity contribution in [3.8, 4) is 0 Å². The van der Waals surface area contributed by atoms with Crippen LogP contribution in [-0.4, -0.2) is 34.2 Å². The lowest BCUT2D eigenvalue weighted by Crippen LogP contribution is -2.38. The molecule has 2 aromatic rings. The van der Waals surface area contributed by atoms with Gasteiger partial charge in [0.15, 0.2) is 0 Å². The van der Waals surface area contributed by atoms with Gasteiger partial charge in [-0.05, 0) is 37.1 Å². The second-order valence-electron chi connectivity index (χ2n) is 7.26. The topological polar surface area (TPSA) is 88.0 Å². The van der Waals surface area contributed by atoms with Crippen molar-refractivity contribution in [1.29, 1.82) is 0 Å². The maximum absolute atomic E-state index is 12.5. The number of nitrogens with zero attached hydrogens (tertiary/aromatic N) is 2. The molecule has 0 spiro atoms. The predicted octanol–water partition coefficient (Wildman–Crippen LogP) is 2.69. The Labute approximate surface area is 165 Å². The lowest BCUT2D eigenvalue weighted by molar-refractivity contribution is -0.122. The SMILES string of the molecule is CCNCc1cccc(NC(=O)c2cnn(CC(=O)NC3CCCCC3)c2)c1. The van der Waals surface area contributed by atoms with E-state index in [4.69, 9.17) is 0 Å². The van der Waals surface area contributed by atoms with Crippen molar-refractivity contribution >= 4 is 17.5 Å². The van der Waals surface area contributed by atoms with Crippen LogP contribution in [0.15, 0.2) is 36.7 Å². The highest BCUT2D eigenvalue weighted by Crippen LogP contribution is 2.17. The van der Waals surface area contributed by atoms with E-state index in [0.717, 1.165) is 37.2 Å². The first-order valence-corrected chi connectivity index (χ1v) is 10.1. The van der Waals surface area contributed by atoms with E-state index in [0.29, 0.717) is 5.56 Å². The van der Waals surface area contributed by atoms with Crippen molar-refractivity contribution < 1.29 is 9.59 Å². The van der Waals surface area contributed by atoms with E-state index in [1.54, 1.807) is 6.20 Å². The van der Waals surface area contributed by atoms with Crippen molar-refractivity contribution in [2.75, 3.05) is 11.9 Å². The number of carbonyl (C=O) groups excluding carboxylic acids is 2. The minimum atomic E-state index is -0.237. The molecule has 0 unspecified atom stereocenters. The summed E-state index contributed by atoms with van der Waals surface area (Å²) in [5.41, 5.74) is 2.28. The standard InChI is InChI=1S/C21H29N5O2/c1-2-22-12-16-7-6-10-19(11-16)25-21(28)17-13-23-26(14-17)15-20(27)24-18-8-4-3-5-9-18/h6-7,10-11,13-14,18,22H,2-5,8-9,12,15H2,1H3,(H,24,27)(H,25,28). The number of hydrogen-bond donors (Lipinski definition) is 3. The van der Waals surface area contributed by atoms with Crippen molar-refractivity contribution in [3.63, 3.8) is 0 Å². The molecule has 7 nitrogen and oxygen atoms in total. The van der Waals surface area contributed by atoms with Crippen molar-refractivity contribution in [3.05, 3.63) is 47.8 Å². The Hall–Kier alpha value is -2.67. The normalized spacial score (nSPS) is 14.6. The van der Waals surface area contributed by atoms with E-state index in [1.807, 2.05) is 24.3 Å². The molecule has 3 rings (SSSR count).